The molecule has 1 amide bonds. The summed E-state index contributed by atoms with van der Waals surface area (Å²) in [5.74, 6) is 1.99. The van der Waals surface area contributed by atoms with Crippen LogP contribution in [0.3, 0.4) is 0 Å². The molecule has 2 aromatic rings. The molecule has 3 rings (SSSR count). The Hall–Kier alpha value is -2.41. The molecule has 0 bridgehead atoms. The third-order valence-corrected chi connectivity index (χ3v) is 4.72. The Labute approximate surface area is 147 Å². The van der Waals surface area contributed by atoms with E-state index in [-0.39, 0.29) is 6.61 Å². The number of benzene rings is 1. The smallest absolute Gasteiger partial charge is 0.255 e. The summed E-state index contributed by atoms with van der Waals surface area (Å²) in [4.78, 5) is 13.4. The Morgan fingerprint density at radius 3 is 2.76 bits per heavy atom. The summed E-state index contributed by atoms with van der Waals surface area (Å²) < 4.78 is 7.52. The molecule has 0 unspecified atom stereocenters. The lowest BCUT2D eigenvalue weighted by atomic mass is 9.93. The van der Waals surface area contributed by atoms with Gasteiger partial charge in [0.15, 0.2) is 6.61 Å². The zero-order valence-electron chi connectivity index (χ0n) is 14.6. The van der Waals surface area contributed by atoms with E-state index in [1.165, 1.54) is 0 Å². The highest BCUT2D eigenvalue weighted by Gasteiger charge is 2.21. The van der Waals surface area contributed by atoms with Crippen LogP contribution in [0.5, 0.6) is 5.75 Å². The fraction of sp³-hybridized carbons (Fsp3) is 0.500. The van der Waals surface area contributed by atoms with Crippen molar-refractivity contribution in [2.45, 2.75) is 25.8 Å². The summed E-state index contributed by atoms with van der Waals surface area (Å²) >= 11 is 0. The van der Waals surface area contributed by atoms with Crippen molar-refractivity contribution in [3.8, 4) is 5.75 Å². The molecule has 0 aliphatic carbocycles. The van der Waals surface area contributed by atoms with Crippen LogP contribution in [0.25, 0.3) is 0 Å². The Morgan fingerprint density at radius 1 is 1.32 bits per heavy atom. The first-order valence-corrected chi connectivity index (χ1v) is 8.66. The molecule has 0 saturated carbocycles. The largest absolute Gasteiger partial charge is 0.483 e. The molecular formula is C18H25N5O2. The molecule has 25 heavy (non-hydrogen) atoms. The van der Waals surface area contributed by atoms with Crippen LogP contribution >= 0.6 is 0 Å². The Balaban J connectivity index is 1.52. The number of likely N-dealkylation sites (tertiary alicyclic amines) is 1. The minimum atomic E-state index is -0.459. The molecule has 0 spiro atoms. The maximum absolute atomic E-state index is 10.9. The Kier molecular flexibility index (Phi) is 5.65. The molecule has 1 aromatic heterocycles. The number of primary amides is 1. The molecule has 7 nitrogen and oxygen atoms in total. The number of aryl methyl sites for hydroxylation is 1. The number of carbonyl (C=O) groups excluding carboxylic acids is 1. The van der Waals surface area contributed by atoms with Crippen molar-refractivity contribution in [3.63, 3.8) is 0 Å². The van der Waals surface area contributed by atoms with Gasteiger partial charge >= 0.3 is 0 Å². The summed E-state index contributed by atoms with van der Waals surface area (Å²) in [6.07, 6.45) is 5.05. The van der Waals surface area contributed by atoms with Crippen molar-refractivity contribution in [2.75, 3.05) is 19.7 Å². The van der Waals surface area contributed by atoms with Crippen molar-refractivity contribution in [3.05, 3.63) is 42.0 Å². The normalized spacial score (nSPS) is 16.0. The first-order chi connectivity index (χ1) is 12.1. The Morgan fingerprint density at radius 2 is 2.08 bits per heavy atom. The quantitative estimate of drug-likeness (QED) is 0.814. The topological polar surface area (TPSA) is 86.3 Å². The number of piperidine rings is 1. The minimum Gasteiger partial charge on any atom is -0.483 e. The average Bonchev–Trinajstić information content (AvgIpc) is 3.00. The van der Waals surface area contributed by atoms with E-state index in [4.69, 9.17) is 10.5 Å². The average molecular weight is 343 g/mol. The van der Waals surface area contributed by atoms with Crippen LogP contribution in [0, 0.1) is 5.92 Å². The van der Waals surface area contributed by atoms with E-state index < -0.39 is 5.91 Å². The lowest BCUT2D eigenvalue weighted by Crippen LogP contribution is -2.34. The molecule has 1 aliphatic heterocycles. The molecule has 2 heterocycles. The lowest BCUT2D eigenvalue weighted by molar-refractivity contribution is -0.119. The van der Waals surface area contributed by atoms with Gasteiger partial charge in [0.25, 0.3) is 5.91 Å². The number of amides is 1. The van der Waals surface area contributed by atoms with Gasteiger partial charge in [-0.25, -0.2) is 0 Å². The van der Waals surface area contributed by atoms with Crippen LogP contribution in [-0.2, 0) is 24.8 Å². The van der Waals surface area contributed by atoms with Gasteiger partial charge < -0.3 is 15.0 Å². The highest BCUT2D eigenvalue weighted by Crippen LogP contribution is 2.25. The number of rotatable bonds is 7. The van der Waals surface area contributed by atoms with Gasteiger partial charge in [-0.3, -0.25) is 9.69 Å². The molecule has 7 heteroatoms. The molecule has 0 atom stereocenters. The van der Waals surface area contributed by atoms with Gasteiger partial charge in [0.05, 0.1) is 0 Å². The van der Waals surface area contributed by atoms with Gasteiger partial charge in [-0.2, -0.15) is 0 Å². The fourth-order valence-corrected chi connectivity index (χ4v) is 3.26. The number of aromatic nitrogens is 3. The number of hydrogen-bond acceptors (Lipinski definition) is 5. The zero-order chi connectivity index (χ0) is 17.6. The Bertz CT molecular complexity index is 707. The third kappa shape index (κ3) is 4.79. The standard InChI is InChI=1S/C18H25N5O2/c1-22-13-20-21-18(22)10-14-6-8-23(9-7-14)11-15-4-2-3-5-16(15)25-12-17(19)24/h2-5,13-14H,6-12H2,1H3,(H2,19,24). The maximum Gasteiger partial charge on any atom is 0.255 e. The number of para-hydroxylation sites is 1. The van der Waals surface area contributed by atoms with E-state index in [0.29, 0.717) is 5.92 Å². The molecular weight excluding hydrogens is 318 g/mol. The number of nitrogens with two attached hydrogens (primary N) is 1. The molecule has 1 aliphatic rings. The van der Waals surface area contributed by atoms with Crippen LogP contribution in [0.2, 0.25) is 0 Å². The van der Waals surface area contributed by atoms with Crippen molar-refractivity contribution in [2.24, 2.45) is 18.7 Å². The van der Waals surface area contributed by atoms with Gasteiger partial charge in [0.1, 0.15) is 17.9 Å². The number of ether oxygens (including phenoxy) is 1. The van der Waals surface area contributed by atoms with Crippen LogP contribution in [0.1, 0.15) is 24.2 Å². The summed E-state index contributed by atoms with van der Waals surface area (Å²) in [6, 6.07) is 7.83. The summed E-state index contributed by atoms with van der Waals surface area (Å²) in [5, 5.41) is 8.14. The minimum absolute atomic E-state index is 0.0865. The van der Waals surface area contributed by atoms with Crippen molar-refractivity contribution >= 4 is 5.91 Å². The van der Waals surface area contributed by atoms with Crippen LogP contribution < -0.4 is 10.5 Å². The molecule has 1 fully saturated rings. The first-order valence-electron chi connectivity index (χ1n) is 8.66. The SMILES string of the molecule is Cn1cnnc1CC1CCN(Cc2ccccc2OCC(N)=O)CC1. The van der Waals surface area contributed by atoms with E-state index >= 15 is 0 Å². The van der Waals surface area contributed by atoms with Crippen LogP contribution in [0.4, 0.5) is 0 Å². The van der Waals surface area contributed by atoms with Gasteiger partial charge in [-0.15, -0.1) is 10.2 Å². The van der Waals surface area contributed by atoms with E-state index in [1.54, 1.807) is 6.33 Å². The maximum atomic E-state index is 10.9. The van der Waals surface area contributed by atoms with Crippen molar-refractivity contribution in [1.82, 2.24) is 19.7 Å². The van der Waals surface area contributed by atoms with Crippen molar-refractivity contribution in [1.29, 1.82) is 0 Å². The summed E-state index contributed by atoms with van der Waals surface area (Å²) in [6.45, 7) is 2.84. The monoisotopic (exact) mass is 343 g/mol. The summed E-state index contributed by atoms with van der Waals surface area (Å²) in [7, 11) is 1.99. The highest BCUT2D eigenvalue weighted by molar-refractivity contribution is 5.75. The fourth-order valence-electron chi connectivity index (χ4n) is 3.26. The van der Waals surface area contributed by atoms with E-state index in [2.05, 4.69) is 15.1 Å². The highest BCUT2D eigenvalue weighted by atomic mass is 16.5. The van der Waals surface area contributed by atoms with Crippen LogP contribution in [0.15, 0.2) is 30.6 Å². The second-order valence-electron chi connectivity index (χ2n) is 6.64. The lowest BCUT2D eigenvalue weighted by Gasteiger charge is -2.32. The van der Waals surface area contributed by atoms with Gasteiger partial charge in [0.2, 0.25) is 0 Å². The molecule has 1 aromatic carbocycles. The molecule has 134 valence electrons. The third-order valence-electron chi connectivity index (χ3n) is 4.72. The second kappa shape index (κ2) is 8.11. The van der Waals surface area contributed by atoms with Gasteiger partial charge in [0, 0.05) is 25.6 Å². The number of carbonyl (C=O) groups is 1. The summed E-state index contributed by atoms with van der Waals surface area (Å²) in [5.41, 5.74) is 6.26. The first kappa shape index (κ1) is 17.4. The molecule has 0 radical (unpaired) electrons. The van der Waals surface area contributed by atoms with Crippen molar-refractivity contribution < 1.29 is 9.53 Å². The predicted molar refractivity (Wildman–Crippen MR) is 93.8 cm³/mol. The van der Waals surface area contributed by atoms with E-state index in [9.17, 15) is 4.79 Å². The van der Waals surface area contributed by atoms with Gasteiger partial charge in [-0.05, 0) is 37.9 Å². The van der Waals surface area contributed by atoms with E-state index in [0.717, 1.165) is 56.0 Å². The van der Waals surface area contributed by atoms with E-state index in [1.807, 2.05) is 35.9 Å². The molecule has 2 N–H and O–H groups in total. The zero-order valence-corrected chi connectivity index (χ0v) is 14.6. The van der Waals surface area contributed by atoms with Crippen LogP contribution in [-0.4, -0.2) is 45.3 Å². The number of hydrogen-bond donors (Lipinski definition) is 1. The predicted octanol–water partition coefficient (Wildman–Crippen LogP) is 1.13. The van der Waals surface area contributed by atoms with Gasteiger partial charge in [-0.1, -0.05) is 18.2 Å². The number of nitrogens with zero attached hydrogens (tertiary/aromatic N) is 4. The molecule has 1 saturated heterocycles. The second-order valence-corrected chi connectivity index (χ2v) is 6.64.